The third-order valence-electron chi connectivity index (χ3n) is 4.53. The molecule has 0 radical (unpaired) electrons. The van der Waals surface area contributed by atoms with Gasteiger partial charge in [-0.25, -0.2) is 0 Å². The van der Waals surface area contributed by atoms with E-state index in [0.29, 0.717) is 16.8 Å². The molecule has 0 aliphatic heterocycles. The van der Waals surface area contributed by atoms with Crippen LogP contribution in [0.3, 0.4) is 0 Å². The minimum atomic E-state index is -0.165. The molecule has 5 heteroatoms. The number of benzene rings is 2. The van der Waals surface area contributed by atoms with Crippen LogP contribution in [-0.4, -0.2) is 22.8 Å². The number of halogens is 1. The molecule has 0 saturated heterocycles. The summed E-state index contributed by atoms with van der Waals surface area (Å²) in [6, 6.07) is 14.5. The minimum Gasteiger partial charge on any atom is -0.339 e. The summed E-state index contributed by atoms with van der Waals surface area (Å²) >= 11 is 5.89. The number of pyridine rings is 1. The second-order valence-electron chi connectivity index (χ2n) is 6.10. The summed E-state index contributed by atoms with van der Waals surface area (Å²) in [4.78, 5) is 29.1. The number of nitrogens with zero attached hydrogens (tertiary/aromatic N) is 1. The van der Waals surface area contributed by atoms with Crippen LogP contribution in [0.25, 0.3) is 10.8 Å². The third-order valence-corrected chi connectivity index (χ3v) is 4.79. The molecule has 25 heavy (non-hydrogen) atoms. The van der Waals surface area contributed by atoms with E-state index in [0.717, 1.165) is 16.5 Å². The molecule has 1 heterocycles. The fourth-order valence-electron chi connectivity index (χ4n) is 2.90. The topological polar surface area (TPSA) is 53.2 Å². The maximum absolute atomic E-state index is 12.6. The fourth-order valence-corrected chi connectivity index (χ4v) is 3.03. The van der Waals surface area contributed by atoms with Crippen LogP contribution in [0.2, 0.25) is 5.02 Å². The SMILES string of the molecule is C[C@@H](c1c[nH]c(=O)c2ccccc12)N(C)C(=O)Cc1ccc(Cl)cc1. The first-order valence-corrected chi connectivity index (χ1v) is 8.45. The zero-order valence-electron chi connectivity index (χ0n) is 14.1. The zero-order valence-corrected chi connectivity index (χ0v) is 14.9. The first-order valence-electron chi connectivity index (χ1n) is 8.08. The number of fused-ring (bicyclic) bond motifs is 1. The van der Waals surface area contributed by atoms with Gasteiger partial charge in [-0.3, -0.25) is 9.59 Å². The van der Waals surface area contributed by atoms with Gasteiger partial charge in [0.05, 0.1) is 12.5 Å². The van der Waals surface area contributed by atoms with Crippen LogP contribution in [0.15, 0.2) is 59.5 Å². The number of amides is 1. The van der Waals surface area contributed by atoms with Crippen molar-refractivity contribution in [1.82, 2.24) is 9.88 Å². The number of carbonyl (C=O) groups is 1. The van der Waals surface area contributed by atoms with E-state index in [2.05, 4.69) is 4.98 Å². The van der Waals surface area contributed by atoms with Gasteiger partial charge in [0.2, 0.25) is 5.91 Å². The maximum atomic E-state index is 12.6. The van der Waals surface area contributed by atoms with Crippen molar-refractivity contribution in [1.29, 1.82) is 0 Å². The molecule has 1 N–H and O–H groups in total. The monoisotopic (exact) mass is 354 g/mol. The van der Waals surface area contributed by atoms with Gasteiger partial charge >= 0.3 is 0 Å². The van der Waals surface area contributed by atoms with Crippen molar-refractivity contribution in [3.8, 4) is 0 Å². The van der Waals surface area contributed by atoms with Crippen molar-refractivity contribution in [3.05, 3.63) is 81.2 Å². The number of likely N-dealkylation sites (N-methyl/N-ethyl adjacent to an activating group) is 1. The molecule has 4 nitrogen and oxygen atoms in total. The highest BCUT2D eigenvalue weighted by Crippen LogP contribution is 2.25. The first kappa shape index (κ1) is 17.2. The van der Waals surface area contributed by atoms with E-state index in [9.17, 15) is 9.59 Å². The van der Waals surface area contributed by atoms with Crippen LogP contribution in [0.5, 0.6) is 0 Å². The molecule has 128 valence electrons. The van der Waals surface area contributed by atoms with Crippen molar-refractivity contribution < 1.29 is 4.79 Å². The molecular formula is C20H19ClN2O2. The largest absolute Gasteiger partial charge is 0.339 e. The molecule has 0 bridgehead atoms. The smallest absolute Gasteiger partial charge is 0.255 e. The van der Waals surface area contributed by atoms with Crippen molar-refractivity contribution in [2.75, 3.05) is 7.05 Å². The van der Waals surface area contributed by atoms with E-state index in [4.69, 9.17) is 11.6 Å². The lowest BCUT2D eigenvalue weighted by molar-refractivity contribution is -0.131. The highest BCUT2D eigenvalue weighted by atomic mass is 35.5. The van der Waals surface area contributed by atoms with Crippen LogP contribution in [0.4, 0.5) is 0 Å². The van der Waals surface area contributed by atoms with E-state index in [1.807, 2.05) is 37.3 Å². The molecular weight excluding hydrogens is 336 g/mol. The van der Waals surface area contributed by atoms with Crippen molar-refractivity contribution in [3.63, 3.8) is 0 Å². The van der Waals surface area contributed by atoms with Crippen LogP contribution in [0.1, 0.15) is 24.1 Å². The van der Waals surface area contributed by atoms with Gasteiger partial charge in [-0.15, -0.1) is 0 Å². The van der Waals surface area contributed by atoms with Gasteiger partial charge in [0.25, 0.3) is 5.56 Å². The predicted molar refractivity (Wildman–Crippen MR) is 101 cm³/mol. The van der Waals surface area contributed by atoms with Gasteiger partial charge in [0.1, 0.15) is 0 Å². The quantitative estimate of drug-likeness (QED) is 0.771. The summed E-state index contributed by atoms with van der Waals surface area (Å²) in [5, 5.41) is 2.15. The molecule has 2 aromatic carbocycles. The number of nitrogens with one attached hydrogen (secondary N) is 1. The molecule has 0 spiro atoms. The van der Waals surface area contributed by atoms with Crippen molar-refractivity contribution in [2.24, 2.45) is 0 Å². The number of aromatic nitrogens is 1. The molecule has 0 unspecified atom stereocenters. The van der Waals surface area contributed by atoms with Gasteiger partial charge < -0.3 is 9.88 Å². The second kappa shape index (κ2) is 7.11. The summed E-state index contributed by atoms with van der Waals surface area (Å²) in [6.07, 6.45) is 2.00. The summed E-state index contributed by atoms with van der Waals surface area (Å²) in [7, 11) is 1.78. The van der Waals surface area contributed by atoms with E-state index < -0.39 is 0 Å². The molecule has 0 saturated carbocycles. The summed E-state index contributed by atoms with van der Waals surface area (Å²) < 4.78 is 0. The standard InChI is InChI=1S/C20H19ClN2O2/c1-13(18-12-22-20(25)17-6-4-3-5-16(17)18)23(2)19(24)11-14-7-9-15(21)10-8-14/h3-10,12-13H,11H2,1-2H3,(H,22,25)/t13-/m0/s1. The van der Waals surface area contributed by atoms with Crippen LogP contribution in [-0.2, 0) is 11.2 Å². The molecule has 1 aromatic heterocycles. The molecule has 1 amide bonds. The Balaban J connectivity index is 1.86. The molecule has 0 aliphatic rings. The number of H-pyrrole nitrogens is 1. The number of hydrogen-bond acceptors (Lipinski definition) is 2. The number of carbonyl (C=O) groups excluding carboxylic acids is 1. The molecule has 1 atom stereocenters. The lowest BCUT2D eigenvalue weighted by Gasteiger charge is -2.26. The van der Waals surface area contributed by atoms with Gasteiger partial charge in [0, 0.05) is 23.7 Å². The molecule has 3 aromatic rings. The Bertz CT molecular complexity index is 963. The average molecular weight is 355 g/mol. The highest BCUT2D eigenvalue weighted by Gasteiger charge is 2.20. The Morgan fingerprint density at radius 1 is 1.12 bits per heavy atom. The Hall–Kier alpha value is -2.59. The van der Waals surface area contributed by atoms with Crippen molar-refractivity contribution in [2.45, 2.75) is 19.4 Å². The minimum absolute atomic E-state index is 0.00473. The second-order valence-corrected chi connectivity index (χ2v) is 6.54. The Kier molecular flexibility index (Phi) is 4.91. The van der Waals surface area contributed by atoms with Gasteiger partial charge in [-0.05, 0) is 41.6 Å². The third kappa shape index (κ3) is 3.59. The summed E-state index contributed by atoms with van der Waals surface area (Å²) in [6.45, 7) is 1.96. The lowest BCUT2D eigenvalue weighted by atomic mass is 10.0. The summed E-state index contributed by atoms with van der Waals surface area (Å²) in [5.74, 6) is 0.00473. The summed E-state index contributed by atoms with van der Waals surface area (Å²) in [5.41, 5.74) is 1.71. The first-order chi connectivity index (χ1) is 12.0. The average Bonchev–Trinajstić information content (AvgIpc) is 2.63. The maximum Gasteiger partial charge on any atom is 0.255 e. The zero-order chi connectivity index (χ0) is 18.0. The Labute approximate surface area is 151 Å². The van der Waals surface area contributed by atoms with Crippen LogP contribution in [0, 0.1) is 0 Å². The predicted octanol–water partition coefficient (Wildman–Crippen LogP) is 3.94. The lowest BCUT2D eigenvalue weighted by Crippen LogP contribution is -2.31. The van der Waals surface area contributed by atoms with E-state index in [-0.39, 0.29) is 17.5 Å². The van der Waals surface area contributed by atoms with Gasteiger partial charge in [0.15, 0.2) is 0 Å². The highest BCUT2D eigenvalue weighted by molar-refractivity contribution is 6.30. The Morgan fingerprint density at radius 2 is 1.76 bits per heavy atom. The number of rotatable bonds is 4. The van der Waals surface area contributed by atoms with Gasteiger partial charge in [-0.2, -0.15) is 0 Å². The van der Waals surface area contributed by atoms with E-state index >= 15 is 0 Å². The number of hydrogen-bond donors (Lipinski definition) is 1. The van der Waals surface area contributed by atoms with Crippen LogP contribution < -0.4 is 5.56 Å². The fraction of sp³-hybridized carbons (Fsp3) is 0.200. The van der Waals surface area contributed by atoms with Crippen molar-refractivity contribution >= 4 is 28.3 Å². The Morgan fingerprint density at radius 3 is 2.44 bits per heavy atom. The number of aromatic amines is 1. The van der Waals surface area contributed by atoms with E-state index in [1.54, 1.807) is 36.3 Å². The molecule has 3 rings (SSSR count). The molecule has 0 aliphatic carbocycles. The normalized spacial score (nSPS) is 12.1. The van der Waals surface area contributed by atoms with E-state index in [1.165, 1.54) is 0 Å². The van der Waals surface area contributed by atoms with Gasteiger partial charge in [-0.1, -0.05) is 41.9 Å². The van der Waals surface area contributed by atoms with Crippen LogP contribution >= 0.6 is 11.6 Å². The molecule has 0 fully saturated rings.